The van der Waals surface area contributed by atoms with Crippen molar-refractivity contribution in [3.05, 3.63) is 35.4 Å². The number of benzene rings is 1. The maximum Gasteiger partial charge on any atom is 0.251 e. The minimum Gasteiger partial charge on any atom is -0.379 e. The molecule has 0 radical (unpaired) electrons. The molecule has 3 N–H and O–H groups in total. The molecule has 0 bridgehead atoms. The minimum absolute atomic E-state index is 0.0526. The van der Waals surface area contributed by atoms with Crippen molar-refractivity contribution >= 4 is 11.9 Å². The fraction of sp³-hybridized carbons (Fsp3) is 0.652. The summed E-state index contributed by atoms with van der Waals surface area (Å²) in [5, 5.41) is 9.70. The van der Waals surface area contributed by atoms with Crippen LogP contribution in [0.1, 0.15) is 48.0 Å². The van der Waals surface area contributed by atoms with Crippen LogP contribution in [-0.2, 0) is 11.2 Å². The molecule has 166 valence electrons. The van der Waals surface area contributed by atoms with Crippen LogP contribution >= 0.6 is 0 Å². The van der Waals surface area contributed by atoms with Crippen LogP contribution in [0.4, 0.5) is 0 Å². The SMILES string of the molecule is CN=C(NCCc1cccc(C(=O)NC)c1)NCC1(N2CCOCC2)CCCCC1. The summed E-state index contributed by atoms with van der Waals surface area (Å²) in [7, 11) is 3.48. The largest absolute Gasteiger partial charge is 0.379 e. The molecule has 1 amide bonds. The Kier molecular flexibility index (Phi) is 8.51. The summed E-state index contributed by atoms with van der Waals surface area (Å²) in [6, 6.07) is 7.78. The molecule has 2 fully saturated rings. The lowest BCUT2D eigenvalue weighted by molar-refractivity contribution is -0.0352. The number of carbonyl (C=O) groups excluding carboxylic acids is 1. The van der Waals surface area contributed by atoms with Crippen LogP contribution in [0.2, 0.25) is 0 Å². The second kappa shape index (κ2) is 11.3. The Labute approximate surface area is 180 Å². The van der Waals surface area contributed by atoms with Gasteiger partial charge in [0.05, 0.1) is 13.2 Å². The number of hydrogen-bond donors (Lipinski definition) is 3. The van der Waals surface area contributed by atoms with E-state index in [0.717, 1.165) is 57.3 Å². The zero-order valence-electron chi connectivity index (χ0n) is 18.5. The zero-order valence-corrected chi connectivity index (χ0v) is 18.5. The highest BCUT2D eigenvalue weighted by molar-refractivity contribution is 5.94. The highest BCUT2D eigenvalue weighted by Crippen LogP contribution is 2.33. The van der Waals surface area contributed by atoms with E-state index in [9.17, 15) is 4.79 Å². The maximum atomic E-state index is 11.8. The van der Waals surface area contributed by atoms with Gasteiger partial charge in [0.1, 0.15) is 0 Å². The Bertz CT molecular complexity index is 709. The molecule has 0 spiro atoms. The van der Waals surface area contributed by atoms with E-state index in [4.69, 9.17) is 4.74 Å². The molecule has 0 aromatic heterocycles. The second-order valence-corrected chi connectivity index (χ2v) is 8.27. The predicted octanol–water partition coefficient (Wildman–Crippen LogP) is 1.79. The van der Waals surface area contributed by atoms with Gasteiger partial charge in [0, 0.05) is 51.4 Å². The first-order valence-electron chi connectivity index (χ1n) is 11.3. The van der Waals surface area contributed by atoms with Crippen LogP contribution in [0.5, 0.6) is 0 Å². The summed E-state index contributed by atoms with van der Waals surface area (Å²) in [4.78, 5) is 18.9. The summed E-state index contributed by atoms with van der Waals surface area (Å²) >= 11 is 0. The summed E-state index contributed by atoms with van der Waals surface area (Å²) < 4.78 is 5.58. The van der Waals surface area contributed by atoms with Gasteiger partial charge in [0.15, 0.2) is 5.96 Å². The number of morpholine rings is 1. The fourth-order valence-electron chi connectivity index (χ4n) is 4.66. The Hall–Kier alpha value is -2.12. The molecule has 7 heteroatoms. The van der Waals surface area contributed by atoms with Crippen LogP contribution in [0.3, 0.4) is 0 Å². The van der Waals surface area contributed by atoms with Gasteiger partial charge < -0.3 is 20.7 Å². The van der Waals surface area contributed by atoms with Gasteiger partial charge in [0.2, 0.25) is 0 Å². The molecule has 2 aliphatic rings. The van der Waals surface area contributed by atoms with Gasteiger partial charge in [-0.3, -0.25) is 14.7 Å². The van der Waals surface area contributed by atoms with Gasteiger partial charge in [-0.25, -0.2) is 0 Å². The monoisotopic (exact) mass is 415 g/mol. The molecule has 1 aromatic carbocycles. The number of nitrogens with one attached hydrogen (secondary N) is 3. The van der Waals surface area contributed by atoms with Crippen molar-refractivity contribution < 1.29 is 9.53 Å². The van der Waals surface area contributed by atoms with Crippen molar-refractivity contribution in [1.82, 2.24) is 20.9 Å². The highest BCUT2D eigenvalue weighted by Gasteiger charge is 2.38. The minimum atomic E-state index is -0.0526. The number of nitrogens with zero attached hydrogens (tertiary/aromatic N) is 2. The molecule has 0 unspecified atom stereocenters. The van der Waals surface area contributed by atoms with E-state index in [2.05, 4.69) is 31.9 Å². The Morgan fingerprint density at radius 3 is 2.63 bits per heavy atom. The van der Waals surface area contributed by atoms with E-state index in [1.807, 2.05) is 25.2 Å². The first-order chi connectivity index (χ1) is 14.7. The number of carbonyl (C=O) groups is 1. The fourth-order valence-corrected chi connectivity index (χ4v) is 4.66. The Morgan fingerprint density at radius 1 is 1.17 bits per heavy atom. The number of amides is 1. The van der Waals surface area contributed by atoms with Gasteiger partial charge in [-0.15, -0.1) is 0 Å². The van der Waals surface area contributed by atoms with Gasteiger partial charge in [-0.2, -0.15) is 0 Å². The van der Waals surface area contributed by atoms with E-state index in [-0.39, 0.29) is 11.4 Å². The lowest BCUT2D eigenvalue weighted by Crippen LogP contribution is -2.60. The van der Waals surface area contributed by atoms with Crippen molar-refractivity contribution in [3.8, 4) is 0 Å². The Morgan fingerprint density at radius 2 is 1.93 bits per heavy atom. The van der Waals surface area contributed by atoms with E-state index in [1.165, 1.54) is 32.1 Å². The molecule has 1 saturated carbocycles. The first kappa shape index (κ1) is 22.6. The van der Waals surface area contributed by atoms with E-state index >= 15 is 0 Å². The standard InChI is InChI=1S/C23H37N5O2/c1-24-21(29)20-8-6-7-19(17-20)9-12-26-22(25-2)27-18-23(10-4-3-5-11-23)28-13-15-30-16-14-28/h6-8,17H,3-5,9-16,18H2,1-2H3,(H,24,29)(H2,25,26,27). The first-order valence-corrected chi connectivity index (χ1v) is 11.3. The number of guanidine groups is 1. The van der Waals surface area contributed by atoms with Crippen LogP contribution < -0.4 is 16.0 Å². The van der Waals surface area contributed by atoms with Crippen LogP contribution in [-0.4, -0.2) is 75.8 Å². The van der Waals surface area contributed by atoms with Crippen molar-refractivity contribution in [2.75, 3.05) is 53.5 Å². The van der Waals surface area contributed by atoms with E-state index in [0.29, 0.717) is 5.56 Å². The number of hydrogen-bond acceptors (Lipinski definition) is 4. The van der Waals surface area contributed by atoms with Crippen molar-refractivity contribution in [2.24, 2.45) is 4.99 Å². The molecular formula is C23H37N5O2. The summed E-state index contributed by atoms with van der Waals surface area (Å²) in [5.74, 6) is 0.791. The predicted molar refractivity (Wildman–Crippen MR) is 121 cm³/mol. The molecule has 0 atom stereocenters. The molecule has 1 aliphatic carbocycles. The molecule has 30 heavy (non-hydrogen) atoms. The zero-order chi connectivity index (χ0) is 21.2. The number of aliphatic imine (C=N–C) groups is 1. The smallest absolute Gasteiger partial charge is 0.251 e. The van der Waals surface area contributed by atoms with E-state index in [1.54, 1.807) is 7.05 Å². The van der Waals surface area contributed by atoms with Gasteiger partial charge in [-0.05, 0) is 37.0 Å². The average molecular weight is 416 g/mol. The lowest BCUT2D eigenvalue weighted by Gasteiger charge is -2.48. The van der Waals surface area contributed by atoms with Crippen molar-refractivity contribution in [3.63, 3.8) is 0 Å². The third kappa shape index (κ3) is 5.95. The average Bonchev–Trinajstić information content (AvgIpc) is 2.82. The van der Waals surface area contributed by atoms with Crippen molar-refractivity contribution in [2.45, 2.75) is 44.1 Å². The van der Waals surface area contributed by atoms with E-state index < -0.39 is 0 Å². The molecule has 1 aromatic rings. The molecule has 1 aliphatic heterocycles. The number of rotatable bonds is 7. The molecule has 1 saturated heterocycles. The third-order valence-electron chi connectivity index (χ3n) is 6.40. The molecular weight excluding hydrogens is 378 g/mol. The second-order valence-electron chi connectivity index (χ2n) is 8.27. The normalized spacial score (nSPS) is 19.9. The molecule has 7 nitrogen and oxygen atoms in total. The quantitative estimate of drug-likeness (QED) is 0.468. The highest BCUT2D eigenvalue weighted by atomic mass is 16.5. The van der Waals surface area contributed by atoms with Crippen molar-refractivity contribution in [1.29, 1.82) is 0 Å². The number of ether oxygens (including phenoxy) is 1. The molecule has 1 heterocycles. The summed E-state index contributed by atoms with van der Waals surface area (Å²) in [6.07, 6.45) is 7.25. The topological polar surface area (TPSA) is 78.0 Å². The van der Waals surface area contributed by atoms with Crippen LogP contribution in [0, 0.1) is 0 Å². The van der Waals surface area contributed by atoms with Gasteiger partial charge in [0.25, 0.3) is 5.91 Å². The third-order valence-corrected chi connectivity index (χ3v) is 6.40. The Balaban J connectivity index is 1.52. The van der Waals surface area contributed by atoms with Crippen LogP contribution in [0.25, 0.3) is 0 Å². The van der Waals surface area contributed by atoms with Gasteiger partial charge in [-0.1, -0.05) is 31.4 Å². The lowest BCUT2D eigenvalue weighted by atomic mass is 9.80. The van der Waals surface area contributed by atoms with Crippen LogP contribution in [0.15, 0.2) is 29.3 Å². The van der Waals surface area contributed by atoms with Gasteiger partial charge >= 0.3 is 0 Å². The summed E-state index contributed by atoms with van der Waals surface area (Å²) in [5.41, 5.74) is 2.04. The summed E-state index contributed by atoms with van der Waals surface area (Å²) in [6.45, 7) is 5.40. The molecule has 3 rings (SSSR count). The maximum absolute atomic E-state index is 11.8.